The van der Waals surface area contributed by atoms with Crippen LogP contribution in [0.4, 0.5) is 0 Å². The van der Waals surface area contributed by atoms with Gasteiger partial charge in [-0.3, -0.25) is 4.79 Å². The van der Waals surface area contributed by atoms with E-state index < -0.39 is 16.1 Å². The number of carbonyl (C=O) groups excluding carboxylic acids is 1. The van der Waals surface area contributed by atoms with Crippen LogP contribution in [0.1, 0.15) is 36.8 Å². The lowest BCUT2D eigenvalue weighted by atomic mass is 9.91. The molecular weight excluding hydrogens is 394 g/mol. The number of hydrogen-bond donors (Lipinski definition) is 2. The first-order valence-corrected chi connectivity index (χ1v) is 11.7. The standard InChI is InChI=1S/C20H25N3O3S2/c1-4-17-12-27-20(15-7-5-13(2)6-8-15)23(17)18-10-9-16(11-14(18)3)19(24)22-28(21,25)26/h4-10,14,20H,11-12H2,1-3H3,(H,22,24)(H2,21,25,26)/b17-4-. The molecule has 8 heteroatoms. The second kappa shape index (κ2) is 8.14. The Morgan fingerprint density at radius 3 is 2.54 bits per heavy atom. The van der Waals surface area contributed by atoms with Crippen molar-refractivity contribution in [3.63, 3.8) is 0 Å². The van der Waals surface area contributed by atoms with Crippen molar-refractivity contribution in [2.75, 3.05) is 5.75 Å². The second-order valence-electron chi connectivity index (χ2n) is 7.09. The number of nitrogens with two attached hydrogens (primary N) is 1. The zero-order valence-electron chi connectivity index (χ0n) is 16.2. The Kier molecular flexibility index (Phi) is 6.02. The number of carbonyl (C=O) groups is 1. The van der Waals surface area contributed by atoms with E-state index in [2.05, 4.69) is 42.2 Å². The molecule has 0 spiro atoms. The molecule has 28 heavy (non-hydrogen) atoms. The summed E-state index contributed by atoms with van der Waals surface area (Å²) in [4.78, 5) is 14.5. The summed E-state index contributed by atoms with van der Waals surface area (Å²) in [5.41, 5.74) is 5.23. The van der Waals surface area contributed by atoms with Crippen LogP contribution in [0.25, 0.3) is 0 Å². The van der Waals surface area contributed by atoms with Crippen LogP contribution in [-0.2, 0) is 15.0 Å². The summed E-state index contributed by atoms with van der Waals surface area (Å²) in [6.45, 7) is 6.16. The zero-order chi connectivity index (χ0) is 20.5. The first-order valence-electron chi connectivity index (χ1n) is 9.08. The normalized spacial score (nSPS) is 24.1. The Bertz CT molecular complexity index is 963. The van der Waals surface area contributed by atoms with Gasteiger partial charge in [0.1, 0.15) is 5.37 Å². The summed E-state index contributed by atoms with van der Waals surface area (Å²) in [5, 5.41) is 5.09. The van der Waals surface area contributed by atoms with Crippen molar-refractivity contribution in [2.45, 2.75) is 32.6 Å². The molecule has 1 saturated heterocycles. The maximum Gasteiger partial charge on any atom is 0.298 e. The quantitative estimate of drug-likeness (QED) is 0.782. The average Bonchev–Trinajstić information content (AvgIpc) is 3.04. The molecule has 6 nitrogen and oxygen atoms in total. The third-order valence-corrected chi connectivity index (χ3v) is 6.65. The highest BCUT2D eigenvalue weighted by Gasteiger charge is 2.35. The Morgan fingerprint density at radius 2 is 1.96 bits per heavy atom. The van der Waals surface area contributed by atoms with Gasteiger partial charge in [-0.1, -0.05) is 48.9 Å². The van der Waals surface area contributed by atoms with E-state index in [1.54, 1.807) is 6.08 Å². The van der Waals surface area contributed by atoms with Gasteiger partial charge >= 0.3 is 0 Å². The SMILES string of the molecule is C/C=C1/CSC(c2ccc(C)cc2)N1C1=CC=C(C(=O)NS(N)(=O)=O)CC1C. The van der Waals surface area contributed by atoms with Crippen molar-refractivity contribution in [1.29, 1.82) is 0 Å². The lowest BCUT2D eigenvalue weighted by Crippen LogP contribution is -2.38. The van der Waals surface area contributed by atoms with Gasteiger partial charge in [-0.05, 0) is 31.9 Å². The molecule has 1 aromatic carbocycles. The number of nitrogens with one attached hydrogen (secondary N) is 1. The molecule has 1 aromatic rings. The molecule has 0 radical (unpaired) electrons. The molecule has 2 atom stereocenters. The summed E-state index contributed by atoms with van der Waals surface area (Å²) in [5.74, 6) is 0.316. The minimum Gasteiger partial charge on any atom is -0.331 e. The highest BCUT2D eigenvalue weighted by atomic mass is 32.2. The molecule has 2 unspecified atom stereocenters. The maximum atomic E-state index is 12.1. The van der Waals surface area contributed by atoms with Crippen LogP contribution >= 0.6 is 11.8 Å². The van der Waals surface area contributed by atoms with Gasteiger partial charge in [-0.2, -0.15) is 8.42 Å². The molecular formula is C20H25N3O3S2. The smallest absolute Gasteiger partial charge is 0.298 e. The summed E-state index contributed by atoms with van der Waals surface area (Å²) >= 11 is 1.87. The zero-order valence-corrected chi connectivity index (χ0v) is 17.8. The van der Waals surface area contributed by atoms with E-state index in [0.29, 0.717) is 12.0 Å². The molecule has 1 heterocycles. The fraction of sp³-hybridized carbons (Fsp3) is 0.350. The topological polar surface area (TPSA) is 92.5 Å². The van der Waals surface area contributed by atoms with Crippen LogP contribution in [0.2, 0.25) is 0 Å². The second-order valence-corrected chi connectivity index (χ2v) is 9.45. The largest absolute Gasteiger partial charge is 0.331 e. The lowest BCUT2D eigenvalue weighted by molar-refractivity contribution is -0.116. The van der Waals surface area contributed by atoms with Crippen LogP contribution in [0.5, 0.6) is 0 Å². The van der Waals surface area contributed by atoms with E-state index in [4.69, 9.17) is 5.14 Å². The molecule has 1 aliphatic heterocycles. The van der Waals surface area contributed by atoms with E-state index in [9.17, 15) is 13.2 Å². The van der Waals surface area contributed by atoms with Crippen LogP contribution in [-0.4, -0.2) is 25.0 Å². The Labute approximate surface area is 170 Å². The fourth-order valence-corrected chi connectivity index (χ4v) is 5.27. The van der Waals surface area contributed by atoms with E-state index in [1.807, 2.05) is 36.4 Å². The van der Waals surface area contributed by atoms with E-state index >= 15 is 0 Å². The van der Waals surface area contributed by atoms with Gasteiger partial charge in [0, 0.05) is 28.6 Å². The number of allylic oxidation sites excluding steroid dienone is 4. The molecule has 1 aliphatic carbocycles. The number of benzene rings is 1. The molecule has 150 valence electrons. The van der Waals surface area contributed by atoms with Gasteiger partial charge < -0.3 is 4.90 Å². The van der Waals surface area contributed by atoms with Crippen molar-refractivity contribution >= 4 is 27.9 Å². The Balaban J connectivity index is 1.92. The number of nitrogens with zero attached hydrogens (tertiary/aromatic N) is 1. The predicted octanol–water partition coefficient (Wildman–Crippen LogP) is 3.12. The minimum absolute atomic E-state index is 0.0628. The van der Waals surface area contributed by atoms with E-state index in [0.717, 1.165) is 11.4 Å². The molecule has 0 aromatic heterocycles. The molecule has 1 amide bonds. The van der Waals surface area contributed by atoms with E-state index in [1.165, 1.54) is 16.8 Å². The van der Waals surface area contributed by atoms with Crippen molar-refractivity contribution in [2.24, 2.45) is 11.1 Å². The van der Waals surface area contributed by atoms with Gasteiger partial charge in [0.05, 0.1) is 0 Å². The van der Waals surface area contributed by atoms with Gasteiger partial charge in [-0.15, -0.1) is 11.8 Å². The van der Waals surface area contributed by atoms with Crippen LogP contribution in [0.15, 0.2) is 59.5 Å². The van der Waals surface area contributed by atoms with Crippen molar-refractivity contribution in [3.05, 3.63) is 70.6 Å². The summed E-state index contributed by atoms with van der Waals surface area (Å²) in [6.07, 6.45) is 6.19. The summed E-state index contributed by atoms with van der Waals surface area (Å²) in [6, 6.07) is 8.56. The average molecular weight is 420 g/mol. The molecule has 0 saturated carbocycles. The van der Waals surface area contributed by atoms with Gasteiger partial charge in [0.25, 0.3) is 16.1 Å². The first kappa shape index (κ1) is 20.7. The third-order valence-electron chi connectivity index (χ3n) is 4.92. The maximum absolute atomic E-state index is 12.1. The van der Waals surface area contributed by atoms with Gasteiger partial charge in [-0.25, -0.2) is 9.86 Å². The molecule has 3 N–H and O–H groups in total. The van der Waals surface area contributed by atoms with Crippen LogP contribution in [0, 0.1) is 12.8 Å². The van der Waals surface area contributed by atoms with Crippen molar-refractivity contribution in [3.8, 4) is 0 Å². The lowest BCUT2D eigenvalue weighted by Gasteiger charge is -2.34. The highest BCUT2D eigenvalue weighted by molar-refractivity contribution is 7.99. The van der Waals surface area contributed by atoms with Gasteiger partial charge in [0.2, 0.25) is 0 Å². The molecule has 0 bridgehead atoms. The number of aryl methyl sites for hydroxylation is 1. The van der Waals surface area contributed by atoms with Gasteiger partial charge in [0.15, 0.2) is 0 Å². The number of amides is 1. The first-order chi connectivity index (χ1) is 13.2. The van der Waals surface area contributed by atoms with Crippen LogP contribution in [0.3, 0.4) is 0 Å². The van der Waals surface area contributed by atoms with Crippen molar-refractivity contribution < 1.29 is 13.2 Å². The van der Waals surface area contributed by atoms with E-state index in [-0.39, 0.29) is 11.3 Å². The highest BCUT2D eigenvalue weighted by Crippen LogP contribution is 2.48. The number of hydrogen-bond acceptors (Lipinski definition) is 5. The third kappa shape index (κ3) is 4.51. The Morgan fingerprint density at radius 1 is 1.29 bits per heavy atom. The predicted molar refractivity (Wildman–Crippen MR) is 113 cm³/mol. The molecule has 3 rings (SSSR count). The summed E-state index contributed by atoms with van der Waals surface area (Å²) < 4.78 is 24.1. The summed E-state index contributed by atoms with van der Waals surface area (Å²) in [7, 11) is -4.06. The van der Waals surface area contributed by atoms with Crippen molar-refractivity contribution in [1.82, 2.24) is 9.62 Å². The fourth-order valence-electron chi connectivity index (χ4n) is 3.49. The molecule has 1 fully saturated rings. The number of rotatable bonds is 4. The minimum atomic E-state index is -4.06. The monoisotopic (exact) mass is 419 g/mol. The number of thioether (sulfide) groups is 1. The van der Waals surface area contributed by atoms with Crippen LogP contribution < -0.4 is 9.86 Å². The molecule has 2 aliphatic rings. The Hall–Kier alpha value is -2.03.